The Morgan fingerprint density at radius 2 is 1.88 bits per heavy atom. The van der Waals surface area contributed by atoms with Crippen molar-refractivity contribution >= 4 is 22.0 Å². The minimum absolute atomic E-state index is 0.0832. The van der Waals surface area contributed by atoms with E-state index in [-0.39, 0.29) is 18.8 Å². The molecule has 0 aromatic carbocycles. The van der Waals surface area contributed by atoms with Crippen LogP contribution in [0.15, 0.2) is 18.9 Å². The van der Waals surface area contributed by atoms with Gasteiger partial charge in [0.2, 0.25) is 5.92 Å². The van der Waals surface area contributed by atoms with Crippen molar-refractivity contribution in [3.8, 4) is 0 Å². The van der Waals surface area contributed by atoms with Crippen LogP contribution < -0.4 is 10.6 Å². The molecule has 3 aliphatic rings. The molecule has 1 aromatic rings. The Kier molecular flexibility index (Phi) is 4.38. The van der Waals surface area contributed by atoms with Crippen LogP contribution >= 0.6 is 11.3 Å². The predicted molar refractivity (Wildman–Crippen MR) is 101 cm³/mol. The number of rotatable bonds is 7. The SMILES string of the molecule is C=C(NCC1CC1)c1c(NC(=C)C2CC(F)(F)C2)sc2c1CCCC2. The summed E-state index contributed by atoms with van der Waals surface area (Å²) in [5, 5.41) is 7.93. The molecule has 0 saturated heterocycles. The van der Waals surface area contributed by atoms with Gasteiger partial charge in [0.1, 0.15) is 5.00 Å². The summed E-state index contributed by atoms with van der Waals surface area (Å²) in [4.78, 5) is 1.42. The zero-order chi connectivity index (χ0) is 17.6. The summed E-state index contributed by atoms with van der Waals surface area (Å²) in [7, 11) is 0. The number of allylic oxidation sites excluding steroid dienone is 1. The van der Waals surface area contributed by atoms with E-state index in [1.807, 2.05) is 0 Å². The summed E-state index contributed by atoms with van der Waals surface area (Å²) >= 11 is 1.76. The molecular weight excluding hydrogens is 338 g/mol. The molecular formula is C20H26F2N2S. The van der Waals surface area contributed by atoms with Crippen LogP contribution in [-0.4, -0.2) is 12.5 Å². The summed E-state index contributed by atoms with van der Waals surface area (Å²) in [6.07, 6.45) is 7.07. The van der Waals surface area contributed by atoms with Crippen molar-refractivity contribution in [2.24, 2.45) is 11.8 Å². The van der Waals surface area contributed by atoms with E-state index in [4.69, 9.17) is 0 Å². The fourth-order valence-electron chi connectivity index (χ4n) is 3.81. The second-order valence-electron chi connectivity index (χ2n) is 7.83. The third kappa shape index (κ3) is 3.62. The lowest BCUT2D eigenvalue weighted by Gasteiger charge is -2.36. The lowest BCUT2D eigenvalue weighted by Crippen LogP contribution is -2.37. The standard InChI is InChI=1S/C20H26F2N2S/c1-12(15-9-20(21,22)10-15)24-19-18(13(2)23-11-14-7-8-14)16-5-3-4-6-17(16)25-19/h14-15,23-24H,1-11H2. The van der Waals surface area contributed by atoms with Gasteiger partial charge in [-0.3, -0.25) is 0 Å². The Bertz CT molecular complexity index is 695. The van der Waals surface area contributed by atoms with Crippen molar-refractivity contribution in [2.45, 2.75) is 57.3 Å². The summed E-state index contributed by atoms with van der Waals surface area (Å²) in [5.74, 6) is -1.85. The fourth-order valence-corrected chi connectivity index (χ4v) is 5.16. The highest BCUT2D eigenvalue weighted by atomic mass is 32.1. The fraction of sp³-hybridized carbons (Fsp3) is 0.600. The zero-order valence-electron chi connectivity index (χ0n) is 14.6. The van der Waals surface area contributed by atoms with Crippen molar-refractivity contribution in [1.82, 2.24) is 5.32 Å². The monoisotopic (exact) mass is 364 g/mol. The molecule has 0 atom stereocenters. The highest BCUT2D eigenvalue weighted by Gasteiger charge is 2.46. The number of hydrogen-bond acceptors (Lipinski definition) is 3. The Morgan fingerprint density at radius 1 is 1.16 bits per heavy atom. The van der Waals surface area contributed by atoms with Crippen molar-refractivity contribution in [2.75, 3.05) is 11.9 Å². The molecule has 0 aliphatic heterocycles. The smallest absolute Gasteiger partial charge is 0.249 e. The number of halogens is 2. The maximum atomic E-state index is 13.2. The minimum atomic E-state index is -2.51. The highest BCUT2D eigenvalue weighted by Crippen LogP contribution is 2.47. The molecule has 2 fully saturated rings. The molecule has 5 heteroatoms. The molecule has 2 N–H and O–H groups in total. The molecule has 136 valence electrons. The minimum Gasteiger partial charge on any atom is -0.385 e. The molecule has 3 aliphatic carbocycles. The van der Waals surface area contributed by atoms with Gasteiger partial charge in [-0.2, -0.15) is 0 Å². The van der Waals surface area contributed by atoms with E-state index < -0.39 is 5.92 Å². The highest BCUT2D eigenvalue weighted by molar-refractivity contribution is 7.16. The number of anilines is 1. The van der Waals surface area contributed by atoms with Crippen molar-refractivity contribution in [3.63, 3.8) is 0 Å². The van der Waals surface area contributed by atoms with Crippen LogP contribution in [0.1, 0.15) is 54.5 Å². The molecule has 0 radical (unpaired) electrons. The summed E-state index contributed by atoms with van der Waals surface area (Å²) in [6, 6.07) is 0. The van der Waals surface area contributed by atoms with Gasteiger partial charge in [0.15, 0.2) is 0 Å². The average molecular weight is 365 g/mol. The van der Waals surface area contributed by atoms with Crippen LogP contribution in [0.5, 0.6) is 0 Å². The molecule has 1 aromatic heterocycles. The van der Waals surface area contributed by atoms with E-state index in [1.165, 1.54) is 41.7 Å². The van der Waals surface area contributed by atoms with Crippen LogP contribution in [0, 0.1) is 11.8 Å². The average Bonchev–Trinajstić information content (AvgIpc) is 3.30. The lowest BCUT2D eigenvalue weighted by atomic mass is 9.79. The second-order valence-corrected chi connectivity index (χ2v) is 8.93. The summed E-state index contributed by atoms with van der Waals surface area (Å²) < 4.78 is 26.3. The largest absolute Gasteiger partial charge is 0.385 e. The first-order valence-electron chi connectivity index (χ1n) is 9.34. The Hall–Kier alpha value is -1.36. The van der Waals surface area contributed by atoms with Crippen LogP contribution in [0.25, 0.3) is 5.70 Å². The first kappa shape index (κ1) is 17.1. The van der Waals surface area contributed by atoms with Crippen molar-refractivity contribution in [3.05, 3.63) is 34.9 Å². The number of alkyl halides is 2. The van der Waals surface area contributed by atoms with Gasteiger partial charge in [-0.05, 0) is 50.0 Å². The van der Waals surface area contributed by atoms with Crippen LogP contribution in [0.3, 0.4) is 0 Å². The third-order valence-electron chi connectivity index (χ3n) is 5.63. The zero-order valence-corrected chi connectivity index (χ0v) is 15.4. The molecule has 0 unspecified atom stereocenters. The van der Waals surface area contributed by atoms with Crippen LogP contribution in [0.4, 0.5) is 13.8 Å². The van der Waals surface area contributed by atoms with Gasteiger partial charge in [-0.25, -0.2) is 8.78 Å². The Balaban J connectivity index is 1.52. The number of fused-ring (bicyclic) bond motifs is 1. The molecule has 1 heterocycles. The topological polar surface area (TPSA) is 24.1 Å². The molecule has 25 heavy (non-hydrogen) atoms. The van der Waals surface area contributed by atoms with Gasteiger partial charge in [0.05, 0.1) is 0 Å². The van der Waals surface area contributed by atoms with Gasteiger partial charge in [0, 0.05) is 47.1 Å². The molecule has 0 bridgehead atoms. The van der Waals surface area contributed by atoms with Gasteiger partial charge in [-0.15, -0.1) is 11.3 Å². The Labute approximate surface area is 152 Å². The van der Waals surface area contributed by atoms with E-state index in [2.05, 4.69) is 23.8 Å². The van der Waals surface area contributed by atoms with E-state index in [9.17, 15) is 8.78 Å². The predicted octanol–water partition coefficient (Wildman–Crippen LogP) is 5.57. The molecule has 4 rings (SSSR count). The number of thiophene rings is 1. The van der Waals surface area contributed by atoms with Crippen LogP contribution in [-0.2, 0) is 12.8 Å². The first-order chi connectivity index (χ1) is 11.9. The molecule has 2 saturated carbocycles. The van der Waals surface area contributed by atoms with Crippen molar-refractivity contribution < 1.29 is 8.78 Å². The van der Waals surface area contributed by atoms with E-state index >= 15 is 0 Å². The third-order valence-corrected chi connectivity index (χ3v) is 6.84. The number of hydrogen-bond donors (Lipinski definition) is 2. The van der Waals surface area contributed by atoms with E-state index in [1.54, 1.807) is 11.3 Å². The maximum absolute atomic E-state index is 13.2. The number of aryl methyl sites for hydroxylation is 1. The van der Waals surface area contributed by atoms with Crippen LogP contribution in [0.2, 0.25) is 0 Å². The van der Waals surface area contributed by atoms with Gasteiger partial charge >= 0.3 is 0 Å². The van der Waals surface area contributed by atoms with Gasteiger partial charge < -0.3 is 10.6 Å². The van der Waals surface area contributed by atoms with Crippen molar-refractivity contribution in [1.29, 1.82) is 0 Å². The van der Waals surface area contributed by atoms with E-state index in [0.717, 1.165) is 41.7 Å². The molecule has 0 amide bonds. The number of nitrogens with one attached hydrogen (secondary N) is 2. The van der Waals surface area contributed by atoms with E-state index in [0.29, 0.717) is 0 Å². The summed E-state index contributed by atoms with van der Waals surface area (Å²) in [5.41, 5.74) is 4.27. The van der Waals surface area contributed by atoms with Gasteiger partial charge in [0.25, 0.3) is 0 Å². The quantitative estimate of drug-likeness (QED) is 0.661. The first-order valence-corrected chi connectivity index (χ1v) is 10.2. The lowest BCUT2D eigenvalue weighted by molar-refractivity contribution is -0.0988. The second kappa shape index (κ2) is 6.42. The Morgan fingerprint density at radius 3 is 2.56 bits per heavy atom. The molecule has 2 nitrogen and oxygen atoms in total. The summed E-state index contributed by atoms with van der Waals surface area (Å²) in [6.45, 7) is 9.31. The maximum Gasteiger partial charge on any atom is 0.249 e. The van der Waals surface area contributed by atoms with Gasteiger partial charge in [-0.1, -0.05) is 13.2 Å². The normalized spacial score (nSPS) is 22.0. The molecule has 0 spiro atoms.